The molecule has 23 heavy (non-hydrogen) atoms. The van der Waals surface area contributed by atoms with Crippen molar-refractivity contribution in [2.24, 2.45) is 5.92 Å². The Kier molecular flexibility index (Phi) is 5.77. The zero-order chi connectivity index (χ0) is 17.0. The maximum absolute atomic E-state index is 12.4. The van der Waals surface area contributed by atoms with Gasteiger partial charge in [0, 0.05) is 6.54 Å². The Morgan fingerprint density at radius 1 is 1.30 bits per heavy atom. The zero-order valence-corrected chi connectivity index (χ0v) is 14.1. The van der Waals surface area contributed by atoms with E-state index in [9.17, 15) is 9.59 Å². The highest BCUT2D eigenvalue weighted by atomic mass is 16.4. The molecule has 1 aliphatic heterocycles. The summed E-state index contributed by atoms with van der Waals surface area (Å²) in [5.41, 5.74) is 2.35. The molecule has 2 N–H and O–H groups in total. The highest BCUT2D eigenvalue weighted by Crippen LogP contribution is 2.20. The highest BCUT2D eigenvalue weighted by Gasteiger charge is 2.33. The smallest absolute Gasteiger partial charge is 0.307 e. The van der Waals surface area contributed by atoms with Crippen LogP contribution in [0.1, 0.15) is 44.4 Å². The van der Waals surface area contributed by atoms with Crippen molar-refractivity contribution in [3.8, 4) is 0 Å². The molecule has 126 valence electrons. The van der Waals surface area contributed by atoms with Crippen LogP contribution in [0.5, 0.6) is 0 Å². The molecule has 1 saturated heterocycles. The number of aliphatic carboxylic acids is 1. The molecule has 1 aromatic carbocycles. The second-order valence-corrected chi connectivity index (χ2v) is 6.32. The summed E-state index contributed by atoms with van der Waals surface area (Å²) < 4.78 is 0. The molecule has 5 heteroatoms. The predicted octanol–water partition coefficient (Wildman–Crippen LogP) is 2.22. The second-order valence-electron chi connectivity index (χ2n) is 6.32. The number of likely N-dealkylation sites (tertiary alicyclic amines) is 1. The average Bonchev–Trinajstić information content (AvgIpc) is 3.04. The maximum atomic E-state index is 12.4. The predicted molar refractivity (Wildman–Crippen MR) is 89.2 cm³/mol. The van der Waals surface area contributed by atoms with Gasteiger partial charge in [0.2, 0.25) is 5.91 Å². The highest BCUT2D eigenvalue weighted by molar-refractivity contribution is 5.82. The Morgan fingerprint density at radius 2 is 1.96 bits per heavy atom. The van der Waals surface area contributed by atoms with Gasteiger partial charge in [-0.05, 0) is 44.4 Å². The van der Waals surface area contributed by atoms with E-state index in [4.69, 9.17) is 5.11 Å². The molecule has 1 amide bonds. The molecular formula is C18H26N2O3. The van der Waals surface area contributed by atoms with E-state index in [-0.39, 0.29) is 23.9 Å². The molecule has 3 unspecified atom stereocenters. The van der Waals surface area contributed by atoms with Gasteiger partial charge in [-0.15, -0.1) is 0 Å². The van der Waals surface area contributed by atoms with Gasteiger partial charge in [-0.2, -0.15) is 0 Å². The molecule has 0 bridgehead atoms. The number of aryl methyl sites for hydroxylation is 1. The summed E-state index contributed by atoms with van der Waals surface area (Å²) in [4.78, 5) is 25.4. The van der Waals surface area contributed by atoms with Gasteiger partial charge < -0.3 is 10.4 Å². The Labute approximate surface area is 137 Å². The molecule has 1 fully saturated rings. The molecule has 1 heterocycles. The van der Waals surface area contributed by atoms with Crippen LogP contribution in [-0.4, -0.2) is 41.0 Å². The van der Waals surface area contributed by atoms with Gasteiger partial charge in [-0.3, -0.25) is 14.5 Å². The minimum Gasteiger partial charge on any atom is -0.481 e. The first-order chi connectivity index (χ1) is 10.9. The molecule has 3 atom stereocenters. The minimum atomic E-state index is -0.774. The summed E-state index contributed by atoms with van der Waals surface area (Å²) in [6.07, 6.45) is 1.61. The van der Waals surface area contributed by atoms with Crippen LogP contribution in [0.25, 0.3) is 0 Å². The van der Waals surface area contributed by atoms with Crippen molar-refractivity contribution in [2.75, 3.05) is 13.1 Å². The van der Waals surface area contributed by atoms with Crippen LogP contribution >= 0.6 is 0 Å². The number of nitrogens with zero attached hydrogens (tertiary/aromatic N) is 1. The molecule has 1 aliphatic rings. The van der Waals surface area contributed by atoms with Gasteiger partial charge in [-0.1, -0.05) is 31.2 Å². The van der Waals surface area contributed by atoms with E-state index in [2.05, 4.69) is 24.4 Å². The second kappa shape index (κ2) is 7.59. The molecular weight excluding hydrogens is 292 g/mol. The summed E-state index contributed by atoms with van der Waals surface area (Å²) in [5.74, 6) is -1.18. The number of nitrogens with one attached hydrogen (secondary N) is 1. The summed E-state index contributed by atoms with van der Waals surface area (Å²) >= 11 is 0. The first-order valence-electron chi connectivity index (χ1n) is 8.28. The Hall–Kier alpha value is -1.88. The topological polar surface area (TPSA) is 69.6 Å². The lowest BCUT2D eigenvalue weighted by atomic mass is 10.0. The first-order valence-corrected chi connectivity index (χ1v) is 8.28. The van der Waals surface area contributed by atoms with Crippen LogP contribution < -0.4 is 5.32 Å². The third-order valence-electron chi connectivity index (χ3n) is 4.74. The van der Waals surface area contributed by atoms with E-state index >= 15 is 0 Å². The molecule has 0 saturated carbocycles. The number of rotatable bonds is 6. The van der Waals surface area contributed by atoms with Crippen molar-refractivity contribution in [3.63, 3.8) is 0 Å². The summed E-state index contributed by atoms with van der Waals surface area (Å²) in [5, 5.41) is 12.1. The summed E-state index contributed by atoms with van der Waals surface area (Å²) in [6.45, 7) is 7.03. The lowest BCUT2D eigenvalue weighted by Crippen LogP contribution is -2.45. The number of benzene rings is 1. The summed E-state index contributed by atoms with van der Waals surface area (Å²) in [6, 6.07) is 7.89. The monoisotopic (exact) mass is 318 g/mol. The van der Waals surface area contributed by atoms with Crippen molar-refractivity contribution >= 4 is 11.9 Å². The van der Waals surface area contributed by atoms with E-state index in [0.29, 0.717) is 19.5 Å². The van der Waals surface area contributed by atoms with Gasteiger partial charge in [0.15, 0.2) is 0 Å². The van der Waals surface area contributed by atoms with Crippen molar-refractivity contribution < 1.29 is 14.7 Å². The quantitative estimate of drug-likeness (QED) is 0.844. The van der Waals surface area contributed by atoms with Crippen LogP contribution in [0, 0.1) is 5.92 Å². The Morgan fingerprint density at radius 3 is 2.48 bits per heavy atom. The van der Waals surface area contributed by atoms with Gasteiger partial charge in [-0.25, -0.2) is 0 Å². The molecule has 1 aromatic rings. The van der Waals surface area contributed by atoms with E-state index < -0.39 is 5.97 Å². The SMILES string of the molecule is CCc1ccc(C(C)NC(=O)C(C)N2CCC(C(=O)O)C2)cc1. The van der Waals surface area contributed by atoms with Gasteiger partial charge >= 0.3 is 5.97 Å². The number of hydrogen-bond acceptors (Lipinski definition) is 3. The first kappa shape index (κ1) is 17.5. The molecule has 2 rings (SSSR count). The molecule has 5 nitrogen and oxygen atoms in total. The van der Waals surface area contributed by atoms with Crippen LogP contribution in [0.3, 0.4) is 0 Å². The van der Waals surface area contributed by atoms with Crippen LogP contribution in [0.4, 0.5) is 0 Å². The fourth-order valence-corrected chi connectivity index (χ4v) is 2.97. The van der Waals surface area contributed by atoms with Gasteiger partial charge in [0.1, 0.15) is 0 Å². The van der Waals surface area contributed by atoms with Gasteiger partial charge in [0.05, 0.1) is 18.0 Å². The number of hydrogen-bond donors (Lipinski definition) is 2. The largest absolute Gasteiger partial charge is 0.481 e. The van der Waals surface area contributed by atoms with Crippen molar-refractivity contribution in [3.05, 3.63) is 35.4 Å². The van der Waals surface area contributed by atoms with Crippen LogP contribution in [0.15, 0.2) is 24.3 Å². The molecule has 0 aromatic heterocycles. The van der Waals surface area contributed by atoms with E-state index in [0.717, 1.165) is 12.0 Å². The lowest BCUT2D eigenvalue weighted by molar-refractivity contribution is -0.141. The fraction of sp³-hybridized carbons (Fsp3) is 0.556. The van der Waals surface area contributed by atoms with Crippen molar-refractivity contribution in [2.45, 2.75) is 45.7 Å². The third kappa shape index (κ3) is 4.32. The standard InChI is InChI=1S/C18H26N2O3/c1-4-14-5-7-15(8-6-14)12(2)19-17(21)13(3)20-10-9-16(11-20)18(22)23/h5-8,12-13,16H,4,9-11H2,1-3H3,(H,19,21)(H,22,23). The zero-order valence-electron chi connectivity index (χ0n) is 14.1. The number of carboxylic acids is 1. The van der Waals surface area contributed by atoms with E-state index in [1.54, 1.807) is 0 Å². The van der Waals surface area contributed by atoms with Crippen molar-refractivity contribution in [1.29, 1.82) is 0 Å². The fourth-order valence-electron chi connectivity index (χ4n) is 2.97. The Bertz CT molecular complexity index is 556. The molecule has 0 radical (unpaired) electrons. The number of carboxylic acid groups (broad SMARTS) is 1. The van der Waals surface area contributed by atoms with Crippen LogP contribution in [0.2, 0.25) is 0 Å². The maximum Gasteiger partial charge on any atom is 0.307 e. The van der Waals surface area contributed by atoms with E-state index in [1.165, 1.54) is 5.56 Å². The number of amides is 1. The average molecular weight is 318 g/mol. The molecule has 0 aliphatic carbocycles. The van der Waals surface area contributed by atoms with E-state index in [1.807, 2.05) is 30.9 Å². The normalized spacial score (nSPS) is 20.9. The van der Waals surface area contributed by atoms with Crippen molar-refractivity contribution in [1.82, 2.24) is 10.2 Å². The minimum absolute atomic E-state index is 0.0527. The lowest BCUT2D eigenvalue weighted by Gasteiger charge is -2.25. The number of carbonyl (C=O) groups is 2. The third-order valence-corrected chi connectivity index (χ3v) is 4.74. The molecule has 0 spiro atoms. The van der Waals surface area contributed by atoms with Crippen LogP contribution in [-0.2, 0) is 16.0 Å². The van der Waals surface area contributed by atoms with Gasteiger partial charge in [0.25, 0.3) is 0 Å². The number of carbonyl (C=O) groups excluding carboxylic acids is 1. The Balaban J connectivity index is 1.91. The summed E-state index contributed by atoms with van der Waals surface area (Å²) in [7, 11) is 0.